The molecule has 4 heteroatoms. The number of rotatable bonds is 2. The maximum atomic E-state index is 11.1. The number of nitrogens with zero attached hydrogens (tertiary/aromatic N) is 1. The zero-order chi connectivity index (χ0) is 12.4. The topological polar surface area (TPSA) is 41.6 Å². The fraction of sp³-hybridized carbons (Fsp3) is 0.500. The Kier molecular flexibility index (Phi) is 3.06. The Morgan fingerprint density at radius 3 is 2.89 bits per heavy atom. The minimum atomic E-state index is -0.150. The van der Waals surface area contributed by atoms with Gasteiger partial charge in [0.15, 0.2) is 0 Å². The lowest BCUT2D eigenvalue weighted by molar-refractivity contribution is -0.142. The van der Waals surface area contributed by atoms with Gasteiger partial charge in [-0.15, -0.1) is 0 Å². The van der Waals surface area contributed by atoms with E-state index in [9.17, 15) is 4.79 Å². The van der Waals surface area contributed by atoms with Gasteiger partial charge in [-0.1, -0.05) is 30.3 Å². The van der Waals surface area contributed by atoms with Gasteiger partial charge in [0.2, 0.25) is 5.91 Å². The van der Waals surface area contributed by atoms with E-state index in [0.717, 1.165) is 26.1 Å². The van der Waals surface area contributed by atoms with Gasteiger partial charge in [0.1, 0.15) is 6.61 Å². The van der Waals surface area contributed by atoms with Crippen molar-refractivity contribution < 1.29 is 9.53 Å². The first-order valence-electron chi connectivity index (χ1n) is 6.43. The van der Waals surface area contributed by atoms with Crippen molar-refractivity contribution in [1.29, 1.82) is 0 Å². The molecular formula is C14H18N2O2. The van der Waals surface area contributed by atoms with Crippen molar-refractivity contribution in [2.75, 3.05) is 26.2 Å². The van der Waals surface area contributed by atoms with Crippen molar-refractivity contribution in [3.8, 4) is 0 Å². The molecule has 0 aromatic heterocycles. The SMILES string of the molecule is O=C1CO[C@]2(CCN(Cc3ccccc3)C2)CN1. The van der Waals surface area contributed by atoms with Crippen LogP contribution < -0.4 is 5.32 Å². The molecule has 1 spiro atoms. The third kappa shape index (κ3) is 2.40. The molecule has 2 aliphatic rings. The Morgan fingerprint density at radius 1 is 1.33 bits per heavy atom. The maximum absolute atomic E-state index is 11.1. The molecule has 2 heterocycles. The highest BCUT2D eigenvalue weighted by atomic mass is 16.5. The quantitative estimate of drug-likeness (QED) is 0.838. The average Bonchev–Trinajstić information content (AvgIpc) is 2.78. The number of morpholine rings is 1. The Morgan fingerprint density at radius 2 is 2.17 bits per heavy atom. The van der Waals surface area contributed by atoms with Gasteiger partial charge in [-0.3, -0.25) is 9.69 Å². The van der Waals surface area contributed by atoms with Gasteiger partial charge in [-0.25, -0.2) is 0 Å². The van der Waals surface area contributed by atoms with Crippen LogP contribution in [0.3, 0.4) is 0 Å². The van der Waals surface area contributed by atoms with Crippen LogP contribution in [0.25, 0.3) is 0 Å². The molecule has 2 aliphatic heterocycles. The van der Waals surface area contributed by atoms with Crippen molar-refractivity contribution in [3.63, 3.8) is 0 Å². The van der Waals surface area contributed by atoms with Crippen LogP contribution in [-0.2, 0) is 16.1 Å². The van der Waals surface area contributed by atoms with Crippen LogP contribution in [0.4, 0.5) is 0 Å². The van der Waals surface area contributed by atoms with E-state index in [1.54, 1.807) is 0 Å². The Labute approximate surface area is 107 Å². The van der Waals surface area contributed by atoms with Crippen molar-refractivity contribution in [2.24, 2.45) is 0 Å². The van der Waals surface area contributed by atoms with E-state index in [-0.39, 0.29) is 18.1 Å². The van der Waals surface area contributed by atoms with Crippen LogP contribution in [0.15, 0.2) is 30.3 Å². The van der Waals surface area contributed by atoms with E-state index < -0.39 is 0 Å². The molecule has 4 nitrogen and oxygen atoms in total. The van der Waals surface area contributed by atoms with Gasteiger partial charge < -0.3 is 10.1 Å². The Balaban J connectivity index is 1.60. The summed E-state index contributed by atoms with van der Waals surface area (Å²) in [4.78, 5) is 13.5. The molecular weight excluding hydrogens is 228 g/mol. The van der Waals surface area contributed by atoms with Crippen molar-refractivity contribution in [3.05, 3.63) is 35.9 Å². The summed E-state index contributed by atoms with van der Waals surface area (Å²) >= 11 is 0. The number of carbonyl (C=O) groups is 1. The van der Waals surface area contributed by atoms with Gasteiger partial charge in [0.25, 0.3) is 0 Å². The lowest BCUT2D eigenvalue weighted by Crippen LogP contribution is -2.53. The summed E-state index contributed by atoms with van der Waals surface area (Å²) in [7, 11) is 0. The number of benzene rings is 1. The summed E-state index contributed by atoms with van der Waals surface area (Å²) in [5.41, 5.74) is 1.18. The number of likely N-dealkylation sites (tertiary alicyclic amines) is 1. The predicted octanol–water partition coefficient (Wildman–Crippen LogP) is 0.777. The molecule has 3 rings (SSSR count). The predicted molar refractivity (Wildman–Crippen MR) is 68.0 cm³/mol. The van der Waals surface area contributed by atoms with Gasteiger partial charge in [-0.2, -0.15) is 0 Å². The summed E-state index contributed by atoms with van der Waals surface area (Å²) in [6, 6.07) is 10.5. The number of carbonyl (C=O) groups excluding carboxylic acids is 1. The highest BCUT2D eigenvalue weighted by Crippen LogP contribution is 2.27. The average molecular weight is 246 g/mol. The van der Waals surface area contributed by atoms with Crippen LogP contribution in [0.1, 0.15) is 12.0 Å². The molecule has 1 amide bonds. The van der Waals surface area contributed by atoms with Crippen molar-refractivity contribution in [1.82, 2.24) is 10.2 Å². The van der Waals surface area contributed by atoms with E-state index in [0.29, 0.717) is 6.54 Å². The second-order valence-corrected chi connectivity index (χ2v) is 5.19. The van der Waals surface area contributed by atoms with E-state index in [4.69, 9.17) is 4.74 Å². The fourth-order valence-corrected chi connectivity index (χ4v) is 2.75. The molecule has 1 aromatic rings. The second-order valence-electron chi connectivity index (χ2n) is 5.19. The third-order valence-electron chi connectivity index (χ3n) is 3.76. The van der Waals surface area contributed by atoms with Gasteiger partial charge >= 0.3 is 0 Å². The second kappa shape index (κ2) is 4.71. The van der Waals surface area contributed by atoms with Gasteiger partial charge in [0, 0.05) is 26.2 Å². The molecule has 0 aliphatic carbocycles. The molecule has 0 saturated carbocycles. The number of nitrogens with one attached hydrogen (secondary N) is 1. The summed E-state index contributed by atoms with van der Waals surface area (Å²) < 4.78 is 5.75. The van der Waals surface area contributed by atoms with Crippen LogP contribution in [-0.4, -0.2) is 42.6 Å². The van der Waals surface area contributed by atoms with E-state index in [1.165, 1.54) is 5.56 Å². The van der Waals surface area contributed by atoms with Crippen LogP contribution in [0, 0.1) is 0 Å². The molecule has 96 valence electrons. The fourth-order valence-electron chi connectivity index (χ4n) is 2.75. The molecule has 0 radical (unpaired) electrons. The van der Waals surface area contributed by atoms with E-state index in [2.05, 4.69) is 34.5 Å². The molecule has 18 heavy (non-hydrogen) atoms. The van der Waals surface area contributed by atoms with Crippen LogP contribution >= 0.6 is 0 Å². The normalized spacial score (nSPS) is 28.6. The molecule has 2 fully saturated rings. The lowest BCUT2D eigenvalue weighted by atomic mass is 10.0. The molecule has 1 aromatic carbocycles. The number of hydrogen-bond donors (Lipinski definition) is 1. The van der Waals surface area contributed by atoms with Gasteiger partial charge in [0.05, 0.1) is 5.60 Å². The highest BCUT2D eigenvalue weighted by molar-refractivity contribution is 5.78. The summed E-state index contributed by atoms with van der Waals surface area (Å²) in [6.45, 7) is 3.75. The van der Waals surface area contributed by atoms with E-state index in [1.807, 2.05) is 6.07 Å². The van der Waals surface area contributed by atoms with Gasteiger partial charge in [-0.05, 0) is 12.0 Å². The number of ether oxygens (including phenoxy) is 1. The standard InChI is InChI=1S/C14H18N2O2/c17-13-9-18-14(10-15-13)6-7-16(11-14)8-12-4-2-1-3-5-12/h1-5H,6-11H2,(H,15,17)/t14-/m1/s1. The lowest BCUT2D eigenvalue weighted by Gasteiger charge is -2.33. The van der Waals surface area contributed by atoms with Crippen LogP contribution in [0.2, 0.25) is 0 Å². The third-order valence-corrected chi connectivity index (χ3v) is 3.76. The first-order valence-corrected chi connectivity index (χ1v) is 6.43. The minimum Gasteiger partial charge on any atom is -0.362 e. The van der Waals surface area contributed by atoms with E-state index >= 15 is 0 Å². The summed E-state index contributed by atoms with van der Waals surface area (Å²) in [6.07, 6.45) is 1.00. The Bertz CT molecular complexity index is 423. The molecule has 2 saturated heterocycles. The highest BCUT2D eigenvalue weighted by Gasteiger charge is 2.41. The summed E-state index contributed by atoms with van der Waals surface area (Å²) in [5, 5.41) is 2.91. The van der Waals surface area contributed by atoms with Crippen LogP contribution in [0.5, 0.6) is 0 Å². The molecule has 0 unspecified atom stereocenters. The largest absolute Gasteiger partial charge is 0.362 e. The first kappa shape index (κ1) is 11.7. The molecule has 1 atom stereocenters. The summed E-state index contributed by atoms with van der Waals surface area (Å²) in [5.74, 6) is 0.00198. The first-order chi connectivity index (χ1) is 8.76. The minimum absolute atomic E-state index is 0.00198. The molecule has 1 N–H and O–H groups in total. The maximum Gasteiger partial charge on any atom is 0.246 e. The monoisotopic (exact) mass is 246 g/mol. The molecule has 0 bridgehead atoms. The Hall–Kier alpha value is -1.39. The van der Waals surface area contributed by atoms with Crippen molar-refractivity contribution in [2.45, 2.75) is 18.6 Å². The van der Waals surface area contributed by atoms with Crippen molar-refractivity contribution >= 4 is 5.91 Å². The smallest absolute Gasteiger partial charge is 0.246 e. The zero-order valence-electron chi connectivity index (χ0n) is 10.4. The number of amides is 1. The zero-order valence-corrected chi connectivity index (χ0v) is 10.4. The number of hydrogen-bond acceptors (Lipinski definition) is 3.